The molecule has 1 fully saturated rings. The van der Waals surface area contributed by atoms with E-state index >= 15 is 4.39 Å². The van der Waals surface area contributed by atoms with Crippen LogP contribution in [0.1, 0.15) is 21.7 Å². The Balaban J connectivity index is 1.37. The minimum Gasteiger partial charge on any atom is -0.494 e. The number of rotatable bonds is 9. The fourth-order valence-corrected chi connectivity index (χ4v) is 5.29. The molecule has 5 heterocycles. The van der Waals surface area contributed by atoms with Crippen LogP contribution in [0.5, 0.6) is 5.75 Å². The number of pyridine rings is 1. The zero-order valence-corrected chi connectivity index (χ0v) is 23.4. The highest BCUT2D eigenvalue weighted by Gasteiger charge is 2.48. The number of amides is 2. The number of H-pyrrole nitrogens is 1. The van der Waals surface area contributed by atoms with Gasteiger partial charge in [-0.3, -0.25) is 20.0 Å². The predicted octanol–water partition coefficient (Wildman–Crippen LogP) is 1.90. The first-order valence-electron chi connectivity index (χ1n) is 13.4. The molecule has 1 aromatic carbocycles. The quantitative estimate of drug-likeness (QED) is 0.270. The van der Waals surface area contributed by atoms with Gasteiger partial charge in [0.1, 0.15) is 30.6 Å². The summed E-state index contributed by atoms with van der Waals surface area (Å²) in [4.78, 5) is 37.4. The zero-order valence-electron chi connectivity index (χ0n) is 23.4. The Morgan fingerprint density at radius 3 is 2.79 bits per heavy atom. The van der Waals surface area contributed by atoms with Crippen molar-refractivity contribution in [3.63, 3.8) is 0 Å². The number of nitrogens with zero attached hydrogens (tertiary/aromatic N) is 5. The van der Waals surface area contributed by atoms with Gasteiger partial charge in [0.15, 0.2) is 22.7 Å². The van der Waals surface area contributed by atoms with E-state index in [0.717, 1.165) is 12.2 Å². The zero-order chi connectivity index (χ0) is 29.4. The number of aromatic amines is 1. The number of halogens is 1. The lowest BCUT2D eigenvalue weighted by Crippen LogP contribution is -2.58. The lowest BCUT2D eigenvalue weighted by atomic mass is 9.94. The van der Waals surface area contributed by atoms with Crippen LogP contribution in [0.25, 0.3) is 11.1 Å². The van der Waals surface area contributed by atoms with E-state index in [1.54, 1.807) is 30.6 Å². The fourth-order valence-electron chi connectivity index (χ4n) is 5.29. The fraction of sp³-hybridized carbons (Fsp3) is 0.357. The molecule has 0 radical (unpaired) electrons. The van der Waals surface area contributed by atoms with E-state index in [9.17, 15) is 9.59 Å². The van der Waals surface area contributed by atoms with Crippen molar-refractivity contribution in [3.8, 4) is 5.75 Å². The number of benzene rings is 1. The van der Waals surface area contributed by atoms with Crippen LogP contribution in [0.2, 0.25) is 0 Å². The summed E-state index contributed by atoms with van der Waals surface area (Å²) >= 11 is 0. The maximum atomic E-state index is 15.1. The number of ether oxygens (including phenoxy) is 2. The number of furan rings is 1. The Labute approximate surface area is 240 Å². The van der Waals surface area contributed by atoms with E-state index in [0.29, 0.717) is 29.0 Å². The molecular weight excluding hydrogens is 547 g/mol. The van der Waals surface area contributed by atoms with Crippen LogP contribution in [0, 0.1) is 5.82 Å². The molecule has 1 atom stereocenters. The summed E-state index contributed by atoms with van der Waals surface area (Å²) in [5, 5.41) is 12.8. The smallest absolute Gasteiger partial charge is 0.257 e. The van der Waals surface area contributed by atoms with Crippen LogP contribution in [0.15, 0.2) is 47.1 Å². The Morgan fingerprint density at radius 1 is 1.17 bits per heavy atom. The molecule has 14 heteroatoms. The molecule has 1 saturated heterocycles. The Kier molecular flexibility index (Phi) is 7.26. The van der Waals surface area contributed by atoms with Gasteiger partial charge in [0.2, 0.25) is 0 Å². The molecule has 0 aliphatic carbocycles. The minimum absolute atomic E-state index is 0.00439. The minimum atomic E-state index is -1.54. The van der Waals surface area contributed by atoms with E-state index in [-0.39, 0.29) is 43.6 Å². The highest BCUT2D eigenvalue weighted by Crippen LogP contribution is 2.36. The Hall–Kier alpha value is -4.53. The summed E-state index contributed by atoms with van der Waals surface area (Å²) < 4.78 is 31.8. The van der Waals surface area contributed by atoms with Crippen molar-refractivity contribution in [2.45, 2.75) is 12.1 Å². The van der Waals surface area contributed by atoms with Gasteiger partial charge in [0.25, 0.3) is 11.8 Å². The van der Waals surface area contributed by atoms with Crippen LogP contribution in [-0.4, -0.2) is 91.1 Å². The number of hydrogen-bond donors (Lipinski definition) is 3. The summed E-state index contributed by atoms with van der Waals surface area (Å²) in [5.74, 6) is -0.832. The number of anilines is 2. The Morgan fingerprint density at radius 2 is 2.02 bits per heavy atom. The number of likely N-dealkylation sites (N-methyl/N-ethyl adjacent to an activating group) is 1. The van der Waals surface area contributed by atoms with Crippen LogP contribution in [0.3, 0.4) is 0 Å². The number of hydrogen-bond acceptors (Lipinski definition) is 10. The van der Waals surface area contributed by atoms with E-state index in [1.165, 1.54) is 18.1 Å². The Bertz CT molecular complexity index is 1620. The van der Waals surface area contributed by atoms with Gasteiger partial charge >= 0.3 is 0 Å². The molecule has 2 aliphatic heterocycles. The predicted molar refractivity (Wildman–Crippen MR) is 150 cm³/mol. The van der Waals surface area contributed by atoms with Gasteiger partial charge in [-0.25, -0.2) is 9.37 Å². The lowest BCUT2D eigenvalue weighted by molar-refractivity contribution is -0.128. The summed E-state index contributed by atoms with van der Waals surface area (Å²) in [6.07, 6.45) is 3.52. The molecule has 0 spiro atoms. The molecule has 2 amide bonds. The number of carbonyl (C=O) groups is 2. The van der Waals surface area contributed by atoms with Crippen LogP contribution in [0.4, 0.5) is 15.9 Å². The molecule has 0 bridgehead atoms. The third-order valence-corrected chi connectivity index (χ3v) is 7.52. The summed E-state index contributed by atoms with van der Waals surface area (Å²) in [7, 11) is 5.33. The summed E-state index contributed by atoms with van der Waals surface area (Å²) in [6.45, 7) is 1.37. The maximum absolute atomic E-state index is 15.1. The number of fused-ring (bicyclic) bond motifs is 2. The molecule has 4 aromatic rings. The van der Waals surface area contributed by atoms with Gasteiger partial charge in [0, 0.05) is 31.9 Å². The molecule has 2 aliphatic rings. The second kappa shape index (κ2) is 11.0. The molecule has 6 rings (SSSR count). The molecule has 1 unspecified atom stereocenters. The van der Waals surface area contributed by atoms with E-state index in [1.807, 2.05) is 25.1 Å². The number of nitrogens with one attached hydrogen (secondary N) is 3. The largest absolute Gasteiger partial charge is 0.494 e. The lowest BCUT2D eigenvalue weighted by Gasteiger charge is -2.33. The first kappa shape index (κ1) is 27.6. The monoisotopic (exact) mass is 578 g/mol. The van der Waals surface area contributed by atoms with Crippen molar-refractivity contribution < 1.29 is 27.9 Å². The molecular formula is C28H31FN8O5. The third kappa shape index (κ3) is 4.82. The van der Waals surface area contributed by atoms with Gasteiger partial charge in [-0.2, -0.15) is 5.10 Å². The first-order chi connectivity index (χ1) is 20.3. The summed E-state index contributed by atoms with van der Waals surface area (Å²) in [6, 6.07) is 8.46. The molecule has 3 aromatic heterocycles. The van der Waals surface area contributed by atoms with E-state index in [2.05, 4.69) is 25.7 Å². The van der Waals surface area contributed by atoms with E-state index < -0.39 is 23.2 Å². The number of aromatic nitrogens is 3. The third-order valence-electron chi connectivity index (χ3n) is 7.52. The van der Waals surface area contributed by atoms with Crippen molar-refractivity contribution >= 4 is 34.4 Å². The van der Waals surface area contributed by atoms with Crippen molar-refractivity contribution in [2.24, 2.45) is 0 Å². The SMILES string of the molecule is COc1ccc2c(c1F)C(=O)N(CC1(c3cc4nc(N(CCN(C)C)c5cn[nH]c5)ccc4o3)NCOCNC1=O)C2. The van der Waals surface area contributed by atoms with Crippen molar-refractivity contribution in [3.05, 3.63) is 65.4 Å². The van der Waals surface area contributed by atoms with Crippen molar-refractivity contribution in [1.29, 1.82) is 0 Å². The van der Waals surface area contributed by atoms with Crippen molar-refractivity contribution in [1.82, 2.24) is 35.6 Å². The van der Waals surface area contributed by atoms with Crippen LogP contribution in [-0.2, 0) is 21.6 Å². The van der Waals surface area contributed by atoms with Gasteiger partial charge in [-0.05, 0) is 37.9 Å². The second-order valence-electron chi connectivity index (χ2n) is 10.4. The molecule has 13 nitrogen and oxygen atoms in total. The first-order valence-corrected chi connectivity index (χ1v) is 13.4. The van der Waals surface area contributed by atoms with Gasteiger partial charge in [-0.1, -0.05) is 6.07 Å². The van der Waals surface area contributed by atoms with Crippen LogP contribution >= 0.6 is 0 Å². The normalized spacial score (nSPS) is 18.8. The topological polar surface area (TPSA) is 141 Å². The molecule has 3 N–H and O–H groups in total. The van der Waals surface area contributed by atoms with Crippen LogP contribution < -0.4 is 20.3 Å². The highest BCUT2D eigenvalue weighted by molar-refractivity contribution is 6.00. The van der Waals surface area contributed by atoms with Gasteiger partial charge in [0.05, 0.1) is 31.1 Å². The maximum Gasteiger partial charge on any atom is 0.257 e. The summed E-state index contributed by atoms with van der Waals surface area (Å²) in [5.41, 5.74) is 0.729. The van der Waals surface area contributed by atoms with Gasteiger partial charge < -0.3 is 33.9 Å². The average Bonchev–Trinajstić information content (AvgIpc) is 3.69. The standard InChI is InChI=1S/C28H31FN8O5/c1-35(2)8-9-37(18-11-32-33-12-18)23-7-6-20-19(34-23)10-22(42-20)28(27(39)30-15-41-16-31-28)14-36-13-17-4-5-21(40-3)25(29)24(17)26(36)38/h4-7,10-12,31H,8-9,13-16H2,1-3H3,(H,30,39)(H,32,33). The van der Waals surface area contributed by atoms with Crippen molar-refractivity contribution in [2.75, 3.05) is 59.2 Å². The number of carbonyl (C=O) groups excluding carboxylic acids is 2. The number of methoxy groups -OCH3 is 1. The average molecular weight is 579 g/mol. The molecule has 42 heavy (non-hydrogen) atoms. The second-order valence-corrected chi connectivity index (χ2v) is 10.4. The molecule has 0 saturated carbocycles. The van der Waals surface area contributed by atoms with Gasteiger partial charge in [-0.15, -0.1) is 0 Å². The molecule has 220 valence electrons. The van der Waals surface area contributed by atoms with E-state index in [4.69, 9.17) is 18.9 Å². The highest BCUT2D eigenvalue weighted by atomic mass is 19.1.